The number of anilines is 1. The largest absolute Gasteiger partial charge is 0.324 e. The molecule has 0 atom stereocenters. The predicted molar refractivity (Wildman–Crippen MR) is 112 cm³/mol. The minimum atomic E-state index is -0.349. The molecule has 146 valence electrons. The Morgan fingerprint density at radius 3 is 2.69 bits per heavy atom. The average Bonchev–Trinajstić information content (AvgIpc) is 3.12. The van der Waals surface area contributed by atoms with E-state index in [4.69, 9.17) is 0 Å². The van der Waals surface area contributed by atoms with Gasteiger partial charge >= 0.3 is 0 Å². The molecule has 0 aliphatic rings. The van der Waals surface area contributed by atoms with E-state index >= 15 is 0 Å². The van der Waals surface area contributed by atoms with E-state index in [1.807, 2.05) is 32.0 Å². The molecule has 0 spiro atoms. The van der Waals surface area contributed by atoms with E-state index < -0.39 is 0 Å². The van der Waals surface area contributed by atoms with Crippen LogP contribution >= 0.6 is 11.5 Å². The summed E-state index contributed by atoms with van der Waals surface area (Å²) in [5, 5.41) is 2.84. The van der Waals surface area contributed by atoms with Crippen LogP contribution in [0.15, 0.2) is 53.6 Å². The maximum atomic E-state index is 13.2. The van der Waals surface area contributed by atoms with Crippen LogP contribution in [0, 0.1) is 19.7 Å². The number of rotatable bonds is 4. The van der Waals surface area contributed by atoms with Gasteiger partial charge in [-0.15, -0.1) is 0 Å². The summed E-state index contributed by atoms with van der Waals surface area (Å²) in [6, 6.07) is 11.6. The van der Waals surface area contributed by atoms with Gasteiger partial charge in [-0.2, -0.15) is 4.37 Å². The number of fused-ring (bicyclic) bond motifs is 1. The summed E-state index contributed by atoms with van der Waals surface area (Å²) in [6.07, 6.45) is 1.34. The van der Waals surface area contributed by atoms with Gasteiger partial charge in [0.05, 0.1) is 6.33 Å². The van der Waals surface area contributed by atoms with Crippen LogP contribution < -0.4 is 10.9 Å². The highest BCUT2D eigenvalue weighted by molar-refractivity contribution is 7.13. The lowest BCUT2D eigenvalue weighted by Gasteiger charge is -2.10. The molecule has 4 aromatic rings. The fraction of sp³-hybridized carbons (Fsp3) is 0.143. The van der Waals surface area contributed by atoms with E-state index in [0.29, 0.717) is 27.2 Å². The van der Waals surface area contributed by atoms with Crippen molar-refractivity contribution in [3.05, 3.63) is 76.1 Å². The van der Waals surface area contributed by atoms with Crippen molar-refractivity contribution in [2.45, 2.75) is 20.4 Å². The summed E-state index contributed by atoms with van der Waals surface area (Å²) in [5.74, 6) is -0.663. The molecule has 29 heavy (non-hydrogen) atoms. The second-order valence-corrected chi connectivity index (χ2v) is 7.53. The van der Waals surface area contributed by atoms with Crippen molar-refractivity contribution < 1.29 is 9.18 Å². The Hall–Kier alpha value is -3.39. The number of benzene rings is 2. The van der Waals surface area contributed by atoms with E-state index in [0.717, 1.165) is 22.7 Å². The smallest absolute Gasteiger partial charge is 0.273 e. The van der Waals surface area contributed by atoms with E-state index in [1.165, 1.54) is 23.0 Å². The van der Waals surface area contributed by atoms with Crippen LogP contribution in [0.1, 0.15) is 11.1 Å². The second-order valence-electron chi connectivity index (χ2n) is 6.76. The molecule has 2 heterocycles. The number of carbonyl (C=O) groups is 1. The van der Waals surface area contributed by atoms with Gasteiger partial charge in [0.2, 0.25) is 5.91 Å². The number of carbonyl (C=O) groups excluding carboxylic acids is 1. The van der Waals surface area contributed by atoms with Crippen LogP contribution in [0.2, 0.25) is 0 Å². The van der Waals surface area contributed by atoms with Crippen molar-refractivity contribution in [2.75, 3.05) is 5.32 Å². The number of halogens is 1. The van der Waals surface area contributed by atoms with Crippen molar-refractivity contribution in [3.8, 4) is 11.3 Å². The zero-order chi connectivity index (χ0) is 20.5. The van der Waals surface area contributed by atoms with Crippen molar-refractivity contribution in [3.63, 3.8) is 0 Å². The first-order chi connectivity index (χ1) is 13.9. The van der Waals surface area contributed by atoms with Gasteiger partial charge < -0.3 is 5.32 Å². The monoisotopic (exact) mass is 408 g/mol. The van der Waals surface area contributed by atoms with Gasteiger partial charge in [0.1, 0.15) is 28.3 Å². The lowest BCUT2D eigenvalue weighted by Crippen LogP contribution is -2.27. The standard InChI is InChI=1S/C21H17FN4O2S/c1-12-3-4-13(2)16(9-12)24-17(27)10-26-11-23-19-18(25-29-20(19)21(26)28)14-5-7-15(22)8-6-14/h3-9,11H,10H2,1-2H3,(H,24,27). The Morgan fingerprint density at radius 2 is 1.93 bits per heavy atom. The van der Waals surface area contributed by atoms with Crippen LogP contribution in [0.3, 0.4) is 0 Å². The second kappa shape index (κ2) is 7.56. The molecule has 0 aliphatic heterocycles. The predicted octanol–water partition coefficient (Wildman–Crippen LogP) is 3.91. The topological polar surface area (TPSA) is 76.9 Å². The van der Waals surface area contributed by atoms with Crippen molar-refractivity contribution >= 4 is 33.3 Å². The summed E-state index contributed by atoms with van der Waals surface area (Å²) in [4.78, 5) is 29.6. The summed E-state index contributed by atoms with van der Waals surface area (Å²) in [5.41, 5.74) is 3.99. The molecule has 1 amide bonds. The first kappa shape index (κ1) is 18.9. The Balaban J connectivity index is 1.61. The lowest BCUT2D eigenvalue weighted by molar-refractivity contribution is -0.116. The van der Waals surface area contributed by atoms with Gasteiger partial charge in [0.25, 0.3) is 5.56 Å². The van der Waals surface area contributed by atoms with E-state index in [9.17, 15) is 14.0 Å². The van der Waals surface area contributed by atoms with Crippen LogP contribution in [-0.2, 0) is 11.3 Å². The van der Waals surface area contributed by atoms with Gasteiger partial charge in [0, 0.05) is 11.3 Å². The zero-order valence-corrected chi connectivity index (χ0v) is 16.6. The van der Waals surface area contributed by atoms with Gasteiger partial charge in [-0.25, -0.2) is 9.37 Å². The maximum absolute atomic E-state index is 13.2. The molecule has 0 saturated heterocycles. The van der Waals surface area contributed by atoms with Crippen LogP contribution in [0.5, 0.6) is 0 Å². The van der Waals surface area contributed by atoms with E-state index in [-0.39, 0.29) is 23.8 Å². The van der Waals surface area contributed by atoms with E-state index in [1.54, 1.807) is 12.1 Å². The highest BCUT2D eigenvalue weighted by atomic mass is 32.1. The van der Waals surface area contributed by atoms with Crippen molar-refractivity contribution in [1.82, 2.24) is 13.9 Å². The Bertz CT molecular complexity index is 1280. The Kier molecular flexibility index (Phi) is 4.94. The van der Waals surface area contributed by atoms with Crippen LogP contribution in [0.4, 0.5) is 10.1 Å². The molecule has 6 nitrogen and oxygen atoms in total. The molecule has 0 bridgehead atoms. The number of nitrogens with one attached hydrogen (secondary N) is 1. The molecule has 0 fully saturated rings. The first-order valence-electron chi connectivity index (χ1n) is 8.90. The highest BCUT2D eigenvalue weighted by Crippen LogP contribution is 2.27. The van der Waals surface area contributed by atoms with Gasteiger partial charge in [-0.3, -0.25) is 14.2 Å². The summed E-state index contributed by atoms with van der Waals surface area (Å²) in [6.45, 7) is 3.70. The molecular weight excluding hydrogens is 391 g/mol. The molecule has 8 heteroatoms. The number of nitrogens with zero attached hydrogens (tertiary/aromatic N) is 3. The summed E-state index contributed by atoms with van der Waals surface area (Å²) in [7, 11) is 0. The molecule has 2 aromatic carbocycles. The number of hydrogen-bond donors (Lipinski definition) is 1. The molecule has 0 aliphatic carbocycles. The molecule has 1 N–H and O–H groups in total. The van der Waals surface area contributed by atoms with E-state index in [2.05, 4.69) is 14.7 Å². The third kappa shape index (κ3) is 3.79. The molecular formula is C21H17FN4O2S. The fourth-order valence-corrected chi connectivity index (χ4v) is 3.79. The Morgan fingerprint density at radius 1 is 1.17 bits per heavy atom. The first-order valence-corrected chi connectivity index (χ1v) is 9.67. The van der Waals surface area contributed by atoms with Gasteiger partial charge in [-0.05, 0) is 66.8 Å². The molecule has 0 radical (unpaired) electrons. The SMILES string of the molecule is Cc1ccc(C)c(NC(=O)Cn2cnc3c(-c4ccc(F)cc4)nsc3c2=O)c1. The number of amides is 1. The van der Waals surface area contributed by atoms with Crippen LogP contribution in [0.25, 0.3) is 21.5 Å². The normalized spacial score (nSPS) is 11.0. The quantitative estimate of drug-likeness (QED) is 0.555. The van der Waals surface area contributed by atoms with Gasteiger partial charge in [-0.1, -0.05) is 12.1 Å². The molecule has 2 aromatic heterocycles. The minimum Gasteiger partial charge on any atom is -0.324 e. The third-order valence-electron chi connectivity index (χ3n) is 4.55. The third-order valence-corrected chi connectivity index (χ3v) is 5.37. The van der Waals surface area contributed by atoms with Crippen molar-refractivity contribution in [1.29, 1.82) is 0 Å². The number of aromatic nitrogens is 3. The molecule has 0 unspecified atom stereocenters. The fourth-order valence-electron chi connectivity index (χ4n) is 2.98. The highest BCUT2D eigenvalue weighted by Gasteiger charge is 2.16. The molecule has 0 saturated carbocycles. The zero-order valence-electron chi connectivity index (χ0n) is 15.8. The summed E-state index contributed by atoms with van der Waals surface area (Å²) < 4.78 is 19.1. The average molecular weight is 408 g/mol. The van der Waals surface area contributed by atoms with Crippen LogP contribution in [-0.4, -0.2) is 19.8 Å². The minimum absolute atomic E-state index is 0.154. The maximum Gasteiger partial charge on any atom is 0.273 e. The van der Waals surface area contributed by atoms with Crippen molar-refractivity contribution in [2.24, 2.45) is 0 Å². The summed E-state index contributed by atoms with van der Waals surface area (Å²) >= 11 is 1.02. The Labute approximate surface area is 169 Å². The van der Waals surface area contributed by atoms with Gasteiger partial charge in [0.15, 0.2) is 0 Å². The lowest BCUT2D eigenvalue weighted by atomic mass is 10.1. The number of hydrogen-bond acceptors (Lipinski definition) is 5. The molecule has 4 rings (SSSR count). The number of aryl methyl sites for hydroxylation is 2.